The normalized spacial score (nSPS) is 17.6. The van der Waals surface area contributed by atoms with Gasteiger partial charge >= 0.3 is 0 Å². The largest absolute Gasteiger partial charge is 0.506 e. The Morgan fingerprint density at radius 2 is 1.80 bits per heavy atom. The van der Waals surface area contributed by atoms with Crippen molar-refractivity contribution in [2.45, 2.75) is 12.3 Å². The fraction of sp³-hybridized carbons (Fsp3) is 0.238. The van der Waals surface area contributed by atoms with E-state index in [-0.39, 0.29) is 28.6 Å². The summed E-state index contributed by atoms with van der Waals surface area (Å²) in [6.07, 6.45) is 0.951. The van der Waals surface area contributed by atoms with Crippen LogP contribution in [0.5, 0.6) is 5.75 Å². The Bertz CT molecular complexity index is 906. The first-order chi connectivity index (χ1) is 11.6. The summed E-state index contributed by atoms with van der Waals surface area (Å²) in [5, 5.41) is 13.1. The molecular formula is C21H21BrClNO. The summed E-state index contributed by atoms with van der Waals surface area (Å²) >= 11 is 6.16. The Balaban J connectivity index is 0.00000182. The molecule has 0 fully saturated rings. The lowest BCUT2D eigenvalue weighted by molar-refractivity contribution is 0.338. The third-order valence-electron chi connectivity index (χ3n) is 5.04. The summed E-state index contributed by atoms with van der Waals surface area (Å²) in [5.41, 5.74) is 3.74. The molecule has 4 heteroatoms. The number of fused-ring (bicyclic) bond motifs is 2. The number of phenols is 1. The van der Waals surface area contributed by atoms with E-state index in [2.05, 4.69) is 54.4 Å². The van der Waals surface area contributed by atoms with Crippen LogP contribution in [0.15, 0.2) is 54.6 Å². The molecule has 0 saturated heterocycles. The van der Waals surface area contributed by atoms with Gasteiger partial charge in [-0.3, -0.25) is 0 Å². The average molecular weight is 419 g/mol. The van der Waals surface area contributed by atoms with Crippen LogP contribution in [0.3, 0.4) is 0 Å². The first-order valence-electron chi connectivity index (χ1n) is 8.31. The van der Waals surface area contributed by atoms with Crippen LogP contribution in [0.1, 0.15) is 22.6 Å². The maximum absolute atomic E-state index is 10.2. The third-order valence-corrected chi connectivity index (χ3v) is 5.34. The number of nitrogens with zero attached hydrogens (tertiary/aromatic N) is 1. The average Bonchev–Trinajstić information content (AvgIpc) is 2.74. The van der Waals surface area contributed by atoms with E-state index in [0.717, 1.165) is 19.5 Å². The number of benzene rings is 3. The van der Waals surface area contributed by atoms with Gasteiger partial charge in [0.25, 0.3) is 0 Å². The molecule has 1 heterocycles. The van der Waals surface area contributed by atoms with Crippen molar-refractivity contribution in [1.29, 1.82) is 0 Å². The van der Waals surface area contributed by atoms with Crippen LogP contribution in [0.2, 0.25) is 5.02 Å². The molecule has 0 aliphatic carbocycles. The van der Waals surface area contributed by atoms with Crippen molar-refractivity contribution in [3.63, 3.8) is 0 Å². The summed E-state index contributed by atoms with van der Waals surface area (Å²) in [7, 11) is 2.16. The van der Waals surface area contributed by atoms with E-state index >= 15 is 0 Å². The predicted octanol–water partition coefficient (Wildman–Crippen LogP) is 5.40. The lowest BCUT2D eigenvalue weighted by Gasteiger charge is -2.23. The highest BCUT2D eigenvalue weighted by Crippen LogP contribution is 2.38. The fourth-order valence-corrected chi connectivity index (χ4v) is 3.98. The molecule has 25 heavy (non-hydrogen) atoms. The van der Waals surface area contributed by atoms with Crippen molar-refractivity contribution in [2.24, 2.45) is 0 Å². The zero-order valence-corrected chi connectivity index (χ0v) is 16.5. The van der Waals surface area contributed by atoms with Gasteiger partial charge in [0.05, 0.1) is 5.02 Å². The van der Waals surface area contributed by atoms with Gasteiger partial charge in [0.2, 0.25) is 0 Å². The maximum Gasteiger partial charge on any atom is 0.134 e. The number of halogens is 2. The number of rotatable bonds is 1. The quantitative estimate of drug-likeness (QED) is 0.572. The van der Waals surface area contributed by atoms with Crippen molar-refractivity contribution >= 4 is 39.4 Å². The first-order valence-corrected chi connectivity index (χ1v) is 8.69. The zero-order valence-electron chi connectivity index (χ0n) is 14.1. The van der Waals surface area contributed by atoms with E-state index in [9.17, 15) is 5.11 Å². The standard InChI is InChI=1S/C21H20ClNO.BrH/c1-23-10-9-15-11-20(22)21(24)12-18(15)19(13-23)17-8-4-6-14-5-2-3-7-16(14)17;/h2-8,11-12,19,24H,9-10,13H2,1H3;1H. The minimum absolute atomic E-state index is 0. The number of phenolic OH excluding ortho intramolecular Hbond substituents is 1. The van der Waals surface area contributed by atoms with Gasteiger partial charge < -0.3 is 10.0 Å². The maximum atomic E-state index is 10.2. The molecule has 130 valence electrons. The van der Waals surface area contributed by atoms with E-state index in [1.807, 2.05) is 12.1 Å². The lowest BCUT2D eigenvalue weighted by atomic mass is 9.85. The van der Waals surface area contributed by atoms with Gasteiger partial charge in [-0.1, -0.05) is 54.1 Å². The van der Waals surface area contributed by atoms with Crippen LogP contribution in [0, 0.1) is 0 Å². The summed E-state index contributed by atoms with van der Waals surface area (Å²) in [6, 6.07) is 18.8. The number of hydrogen-bond acceptors (Lipinski definition) is 2. The van der Waals surface area contributed by atoms with Crippen LogP contribution in [-0.2, 0) is 6.42 Å². The Morgan fingerprint density at radius 1 is 1.04 bits per heavy atom. The highest BCUT2D eigenvalue weighted by molar-refractivity contribution is 8.93. The zero-order chi connectivity index (χ0) is 16.7. The predicted molar refractivity (Wildman–Crippen MR) is 110 cm³/mol. The third kappa shape index (κ3) is 3.41. The summed E-state index contributed by atoms with van der Waals surface area (Å²) in [4.78, 5) is 2.36. The van der Waals surface area contributed by atoms with Crippen LogP contribution in [0.25, 0.3) is 10.8 Å². The Hall–Kier alpha value is -1.55. The second-order valence-corrected chi connectivity index (χ2v) is 7.04. The number of aromatic hydroxyl groups is 1. The first kappa shape index (κ1) is 18.2. The molecule has 1 N–H and O–H groups in total. The molecule has 0 bridgehead atoms. The van der Waals surface area contributed by atoms with E-state index in [4.69, 9.17) is 11.6 Å². The smallest absolute Gasteiger partial charge is 0.134 e. The number of likely N-dealkylation sites (N-methyl/N-ethyl adjacent to an activating group) is 1. The fourth-order valence-electron chi connectivity index (χ4n) is 3.79. The van der Waals surface area contributed by atoms with Crippen LogP contribution < -0.4 is 0 Å². The van der Waals surface area contributed by atoms with Crippen LogP contribution >= 0.6 is 28.6 Å². The second-order valence-electron chi connectivity index (χ2n) is 6.64. The van der Waals surface area contributed by atoms with E-state index in [1.54, 1.807) is 0 Å². The van der Waals surface area contributed by atoms with Gasteiger partial charge in [0.15, 0.2) is 0 Å². The summed E-state index contributed by atoms with van der Waals surface area (Å²) in [6.45, 7) is 1.93. The molecule has 2 nitrogen and oxygen atoms in total. The van der Waals surface area contributed by atoms with Gasteiger partial charge in [-0.25, -0.2) is 0 Å². The molecule has 1 unspecified atom stereocenters. The van der Waals surface area contributed by atoms with Crippen LogP contribution in [0.4, 0.5) is 0 Å². The minimum atomic E-state index is 0. The van der Waals surface area contributed by atoms with E-state index in [1.165, 1.54) is 27.5 Å². The molecule has 1 aliphatic rings. The van der Waals surface area contributed by atoms with E-state index < -0.39 is 0 Å². The molecule has 1 atom stereocenters. The minimum Gasteiger partial charge on any atom is -0.506 e. The Kier molecular flexibility index (Phi) is 5.38. The van der Waals surface area contributed by atoms with Gasteiger partial charge in [0.1, 0.15) is 5.75 Å². The van der Waals surface area contributed by atoms with Crippen molar-refractivity contribution in [1.82, 2.24) is 4.90 Å². The Morgan fingerprint density at radius 3 is 2.64 bits per heavy atom. The molecule has 0 amide bonds. The van der Waals surface area contributed by atoms with Gasteiger partial charge in [-0.05, 0) is 53.1 Å². The molecule has 0 aromatic heterocycles. The number of hydrogen-bond donors (Lipinski definition) is 1. The summed E-state index contributed by atoms with van der Waals surface area (Å²) in [5.74, 6) is 0.395. The SMILES string of the molecule is Br.CN1CCc2cc(Cl)c(O)cc2C(c2cccc3ccccc23)C1. The van der Waals surface area contributed by atoms with Gasteiger partial charge in [0, 0.05) is 19.0 Å². The monoisotopic (exact) mass is 417 g/mol. The van der Waals surface area contributed by atoms with Crippen molar-refractivity contribution in [2.75, 3.05) is 20.1 Å². The topological polar surface area (TPSA) is 23.5 Å². The molecule has 3 aromatic rings. The van der Waals surface area contributed by atoms with E-state index in [0.29, 0.717) is 5.02 Å². The molecule has 4 rings (SSSR count). The molecule has 1 aliphatic heterocycles. The van der Waals surface area contributed by atoms with Gasteiger partial charge in [-0.15, -0.1) is 17.0 Å². The highest BCUT2D eigenvalue weighted by atomic mass is 79.9. The van der Waals surface area contributed by atoms with Crippen molar-refractivity contribution < 1.29 is 5.11 Å². The Labute approximate surface area is 163 Å². The molecule has 0 radical (unpaired) electrons. The molecule has 0 saturated carbocycles. The van der Waals surface area contributed by atoms with Crippen molar-refractivity contribution in [3.8, 4) is 5.75 Å². The highest BCUT2D eigenvalue weighted by Gasteiger charge is 2.25. The van der Waals surface area contributed by atoms with Crippen LogP contribution in [-0.4, -0.2) is 30.1 Å². The molecular weight excluding hydrogens is 398 g/mol. The van der Waals surface area contributed by atoms with Crippen molar-refractivity contribution in [3.05, 3.63) is 76.3 Å². The lowest BCUT2D eigenvalue weighted by Crippen LogP contribution is -2.24. The second kappa shape index (κ2) is 7.36. The summed E-state index contributed by atoms with van der Waals surface area (Å²) < 4.78 is 0. The van der Waals surface area contributed by atoms with Gasteiger partial charge in [-0.2, -0.15) is 0 Å². The molecule has 0 spiro atoms. The molecule has 3 aromatic carbocycles.